The Morgan fingerprint density at radius 1 is 1.52 bits per heavy atom. The maximum absolute atomic E-state index is 13.2. The number of nitrogens with zero attached hydrogens (tertiary/aromatic N) is 1. The van der Waals surface area contributed by atoms with E-state index in [9.17, 15) is 9.18 Å². The van der Waals surface area contributed by atoms with E-state index in [1.807, 2.05) is 17.9 Å². The van der Waals surface area contributed by atoms with Gasteiger partial charge >= 0.3 is 0 Å². The van der Waals surface area contributed by atoms with Crippen LogP contribution in [0.1, 0.15) is 32.3 Å². The topological polar surface area (TPSA) is 32.3 Å². The number of hydrogen-bond donors (Lipinski definition) is 1. The van der Waals surface area contributed by atoms with E-state index in [4.69, 9.17) is 0 Å². The minimum absolute atomic E-state index is 0.112. The highest BCUT2D eigenvalue weighted by molar-refractivity contribution is 5.79. The molecule has 2 rings (SSSR count). The fourth-order valence-corrected chi connectivity index (χ4v) is 3.01. The van der Waals surface area contributed by atoms with Gasteiger partial charge in [-0.1, -0.05) is 26.0 Å². The van der Waals surface area contributed by atoms with Gasteiger partial charge in [-0.2, -0.15) is 0 Å². The van der Waals surface area contributed by atoms with E-state index >= 15 is 0 Å². The summed E-state index contributed by atoms with van der Waals surface area (Å²) in [4.78, 5) is 14.7. The standard InChI is InChI=1S/C17H25FN2O/c1-3-9-20(16-7-8-19-12-16)17(21)13(2)10-14-5-4-6-15(18)11-14/h4-6,11,13,16,19H,3,7-10,12H2,1-2H3. The average Bonchev–Trinajstić information content (AvgIpc) is 2.98. The van der Waals surface area contributed by atoms with Crippen LogP contribution in [0.15, 0.2) is 24.3 Å². The van der Waals surface area contributed by atoms with Crippen molar-refractivity contribution in [3.05, 3.63) is 35.6 Å². The van der Waals surface area contributed by atoms with Crippen molar-refractivity contribution < 1.29 is 9.18 Å². The maximum atomic E-state index is 13.2. The molecule has 1 heterocycles. The number of rotatable bonds is 6. The quantitative estimate of drug-likeness (QED) is 0.874. The SMILES string of the molecule is CCCN(C(=O)C(C)Cc1cccc(F)c1)C1CCNC1. The molecular weight excluding hydrogens is 267 g/mol. The minimum atomic E-state index is -0.238. The monoisotopic (exact) mass is 292 g/mol. The van der Waals surface area contributed by atoms with Crippen LogP contribution in [0.5, 0.6) is 0 Å². The molecular formula is C17H25FN2O. The molecule has 3 nitrogen and oxygen atoms in total. The van der Waals surface area contributed by atoms with Crippen LogP contribution in [-0.4, -0.2) is 36.5 Å². The Morgan fingerprint density at radius 3 is 2.95 bits per heavy atom. The van der Waals surface area contributed by atoms with Gasteiger partial charge in [0.2, 0.25) is 5.91 Å². The molecule has 1 aliphatic heterocycles. The number of carbonyl (C=O) groups is 1. The molecule has 0 saturated carbocycles. The minimum Gasteiger partial charge on any atom is -0.338 e. The average molecular weight is 292 g/mol. The van der Waals surface area contributed by atoms with Crippen molar-refractivity contribution in [1.29, 1.82) is 0 Å². The second kappa shape index (κ2) is 7.55. The van der Waals surface area contributed by atoms with Gasteiger partial charge in [0, 0.05) is 25.0 Å². The lowest BCUT2D eigenvalue weighted by Crippen LogP contribution is -2.45. The number of halogens is 1. The van der Waals surface area contributed by atoms with Gasteiger partial charge in [0.25, 0.3) is 0 Å². The third-order valence-electron chi connectivity index (χ3n) is 4.08. The van der Waals surface area contributed by atoms with Crippen LogP contribution in [0, 0.1) is 11.7 Å². The number of hydrogen-bond acceptors (Lipinski definition) is 2. The summed E-state index contributed by atoms with van der Waals surface area (Å²) in [5, 5.41) is 3.32. The van der Waals surface area contributed by atoms with E-state index in [1.165, 1.54) is 12.1 Å². The largest absolute Gasteiger partial charge is 0.338 e. The van der Waals surface area contributed by atoms with Crippen LogP contribution in [0.3, 0.4) is 0 Å². The number of amides is 1. The Kier molecular flexibility index (Phi) is 5.74. The van der Waals surface area contributed by atoms with E-state index in [2.05, 4.69) is 12.2 Å². The van der Waals surface area contributed by atoms with E-state index in [0.29, 0.717) is 12.5 Å². The summed E-state index contributed by atoms with van der Waals surface area (Å²) >= 11 is 0. The highest BCUT2D eigenvalue weighted by Crippen LogP contribution is 2.17. The van der Waals surface area contributed by atoms with Crippen LogP contribution in [-0.2, 0) is 11.2 Å². The Hall–Kier alpha value is -1.42. The molecule has 2 atom stereocenters. The fourth-order valence-electron chi connectivity index (χ4n) is 3.01. The van der Waals surface area contributed by atoms with Crippen molar-refractivity contribution in [2.75, 3.05) is 19.6 Å². The van der Waals surface area contributed by atoms with E-state index in [1.54, 1.807) is 6.07 Å². The summed E-state index contributed by atoms with van der Waals surface area (Å²) < 4.78 is 13.2. The molecule has 1 saturated heterocycles. The van der Waals surface area contributed by atoms with Crippen LogP contribution >= 0.6 is 0 Å². The summed E-state index contributed by atoms with van der Waals surface area (Å²) in [6.45, 7) is 6.71. The zero-order chi connectivity index (χ0) is 15.2. The Bertz CT molecular complexity index is 472. The molecule has 21 heavy (non-hydrogen) atoms. The van der Waals surface area contributed by atoms with Crippen molar-refractivity contribution in [2.45, 2.75) is 39.2 Å². The molecule has 1 aromatic carbocycles. The predicted molar refractivity (Wildman–Crippen MR) is 82.5 cm³/mol. The van der Waals surface area contributed by atoms with Crippen LogP contribution in [0.4, 0.5) is 4.39 Å². The molecule has 1 N–H and O–H groups in total. The molecule has 1 aliphatic rings. The van der Waals surface area contributed by atoms with Crippen molar-refractivity contribution in [3.63, 3.8) is 0 Å². The molecule has 0 radical (unpaired) electrons. The molecule has 0 aromatic heterocycles. The maximum Gasteiger partial charge on any atom is 0.226 e. The predicted octanol–water partition coefficient (Wildman–Crippen LogP) is 2.60. The first-order valence-electron chi connectivity index (χ1n) is 7.87. The third kappa shape index (κ3) is 4.27. The van der Waals surface area contributed by atoms with Gasteiger partial charge in [0.1, 0.15) is 5.82 Å². The molecule has 0 spiro atoms. The first-order valence-corrected chi connectivity index (χ1v) is 7.87. The van der Waals surface area contributed by atoms with Crippen LogP contribution < -0.4 is 5.32 Å². The van der Waals surface area contributed by atoms with Gasteiger partial charge in [0.05, 0.1) is 0 Å². The van der Waals surface area contributed by atoms with Gasteiger partial charge in [-0.3, -0.25) is 4.79 Å². The summed E-state index contributed by atoms with van der Waals surface area (Å²) in [5.41, 5.74) is 0.886. The lowest BCUT2D eigenvalue weighted by Gasteiger charge is -2.31. The highest BCUT2D eigenvalue weighted by atomic mass is 19.1. The smallest absolute Gasteiger partial charge is 0.226 e. The molecule has 2 unspecified atom stereocenters. The number of nitrogens with one attached hydrogen (secondary N) is 1. The number of carbonyl (C=O) groups excluding carboxylic acids is 1. The summed E-state index contributed by atoms with van der Waals surface area (Å²) in [5.74, 6) is -0.161. The second-order valence-electron chi connectivity index (χ2n) is 5.91. The van der Waals surface area contributed by atoms with Crippen molar-refractivity contribution in [1.82, 2.24) is 10.2 Å². The van der Waals surface area contributed by atoms with E-state index in [0.717, 1.165) is 38.0 Å². The highest BCUT2D eigenvalue weighted by Gasteiger charge is 2.28. The fraction of sp³-hybridized carbons (Fsp3) is 0.588. The van der Waals surface area contributed by atoms with Gasteiger partial charge in [0.15, 0.2) is 0 Å². The summed E-state index contributed by atoms with van der Waals surface area (Å²) in [6.07, 6.45) is 2.59. The molecule has 4 heteroatoms. The van der Waals surface area contributed by atoms with E-state index in [-0.39, 0.29) is 17.6 Å². The van der Waals surface area contributed by atoms with Crippen molar-refractivity contribution >= 4 is 5.91 Å². The van der Waals surface area contributed by atoms with Crippen LogP contribution in [0.2, 0.25) is 0 Å². The lowest BCUT2D eigenvalue weighted by atomic mass is 9.98. The first-order chi connectivity index (χ1) is 10.1. The van der Waals surface area contributed by atoms with Gasteiger partial charge in [-0.15, -0.1) is 0 Å². The molecule has 0 bridgehead atoms. The molecule has 1 amide bonds. The van der Waals surface area contributed by atoms with Gasteiger partial charge < -0.3 is 10.2 Å². The van der Waals surface area contributed by atoms with Crippen molar-refractivity contribution in [2.24, 2.45) is 5.92 Å². The van der Waals surface area contributed by atoms with Gasteiger partial charge in [-0.05, 0) is 43.5 Å². The van der Waals surface area contributed by atoms with Crippen molar-refractivity contribution in [3.8, 4) is 0 Å². The molecule has 1 aromatic rings. The third-order valence-corrected chi connectivity index (χ3v) is 4.08. The normalized spacial score (nSPS) is 19.5. The van der Waals surface area contributed by atoms with Gasteiger partial charge in [-0.25, -0.2) is 4.39 Å². The Balaban J connectivity index is 2.01. The Morgan fingerprint density at radius 2 is 2.33 bits per heavy atom. The second-order valence-corrected chi connectivity index (χ2v) is 5.91. The Labute approximate surface area is 126 Å². The summed E-state index contributed by atoms with van der Waals surface area (Å²) in [6, 6.07) is 6.85. The molecule has 1 fully saturated rings. The molecule has 0 aliphatic carbocycles. The lowest BCUT2D eigenvalue weighted by molar-refractivity contribution is -0.137. The summed E-state index contributed by atoms with van der Waals surface area (Å²) in [7, 11) is 0. The number of benzene rings is 1. The van der Waals surface area contributed by atoms with E-state index < -0.39 is 0 Å². The molecule has 116 valence electrons. The zero-order valence-corrected chi connectivity index (χ0v) is 12.9. The zero-order valence-electron chi connectivity index (χ0n) is 12.9. The van der Waals surface area contributed by atoms with Crippen LogP contribution in [0.25, 0.3) is 0 Å². The first kappa shape index (κ1) is 16.0.